The molecule has 0 fully saturated rings. The van der Waals surface area contributed by atoms with E-state index in [0.29, 0.717) is 4.47 Å². The lowest BCUT2D eigenvalue weighted by molar-refractivity contribution is 0.323. The van der Waals surface area contributed by atoms with Crippen LogP contribution in [-0.4, -0.2) is 18.0 Å². The van der Waals surface area contributed by atoms with Crippen molar-refractivity contribution in [2.75, 3.05) is 13.1 Å². The summed E-state index contributed by atoms with van der Waals surface area (Å²) < 4.78 is 25.3. The van der Waals surface area contributed by atoms with Gasteiger partial charge in [0.1, 0.15) is 0 Å². The van der Waals surface area contributed by atoms with Crippen LogP contribution in [0.1, 0.15) is 11.1 Å². The molecule has 0 atom stereocenters. The number of nitrogens with zero attached hydrogens (tertiary/aromatic N) is 1. The fourth-order valence-corrected chi connectivity index (χ4v) is 2.30. The lowest BCUT2D eigenvalue weighted by Gasteiger charge is -2.15. The Balaban J connectivity index is 2.08. The second-order valence-electron chi connectivity index (χ2n) is 3.74. The van der Waals surface area contributed by atoms with Gasteiger partial charge in [-0.3, -0.25) is 4.90 Å². The molecule has 1 aromatic rings. The zero-order valence-electron chi connectivity index (χ0n) is 8.59. The summed E-state index contributed by atoms with van der Waals surface area (Å²) in [4.78, 5) is 2.23. The fourth-order valence-electron chi connectivity index (χ4n) is 1.72. The molecule has 0 bridgehead atoms. The molecule has 1 aliphatic heterocycles. The van der Waals surface area contributed by atoms with E-state index in [-0.39, 0.29) is 5.56 Å². The molecular weight excluding hydrogens is 276 g/mol. The monoisotopic (exact) mass is 286 g/mol. The zero-order valence-corrected chi connectivity index (χ0v) is 10.2. The van der Waals surface area contributed by atoms with Crippen molar-refractivity contribution in [2.45, 2.75) is 6.54 Å². The number of halogens is 3. The Morgan fingerprint density at radius 1 is 1.25 bits per heavy atom. The van der Waals surface area contributed by atoms with Crippen molar-refractivity contribution >= 4 is 15.9 Å². The van der Waals surface area contributed by atoms with Crippen LogP contribution in [0.3, 0.4) is 0 Å². The van der Waals surface area contributed by atoms with Crippen LogP contribution in [-0.2, 0) is 6.54 Å². The minimum Gasteiger partial charge on any atom is -0.292 e. The maximum absolute atomic E-state index is 12.4. The molecule has 0 saturated heterocycles. The third-order valence-corrected chi connectivity index (χ3v) is 3.19. The fraction of sp³-hybridized carbons (Fsp3) is 0.250. The summed E-state index contributed by atoms with van der Waals surface area (Å²) in [6.45, 7) is 2.66. The Hall–Kier alpha value is -0.740. The molecule has 0 saturated carbocycles. The average molecular weight is 287 g/mol. The van der Waals surface area contributed by atoms with Crippen LogP contribution in [0.4, 0.5) is 8.78 Å². The van der Waals surface area contributed by atoms with Crippen LogP contribution >= 0.6 is 15.9 Å². The molecule has 1 nitrogen and oxygen atoms in total. The molecular formula is C12H11BrF2N. The number of rotatable bonds is 3. The Labute approximate surface area is 102 Å². The standard InChI is InChI=1S/C12H11BrF2N/c13-11-7-9(3-4-10(11)12(14)15)8-16-5-1-2-6-16/h1-4,7H,5-6,8H2. The number of hydrogen-bond acceptors (Lipinski definition) is 1. The molecule has 0 N–H and O–H groups in total. The van der Waals surface area contributed by atoms with Crippen LogP contribution in [0.25, 0.3) is 0 Å². The summed E-state index contributed by atoms with van der Waals surface area (Å²) in [6.07, 6.45) is 2.57. The van der Waals surface area contributed by atoms with Gasteiger partial charge in [0, 0.05) is 29.7 Å². The molecule has 1 radical (unpaired) electrons. The SMILES string of the molecule is F[C](F)c1ccc(CN2CC=CC2)cc1Br. The predicted octanol–water partition coefficient (Wildman–Crippen LogP) is 3.60. The normalized spacial score (nSPS) is 16.2. The first-order chi connectivity index (χ1) is 7.66. The Kier molecular flexibility index (Phi) is 3.71. The van der Waals surface area contributed by atoms with Gasteiger partial charge in [0.2, 0.25) is 0 Å². The molecule has 1 heterocycles. The Bertz CT molecular complexity index is 396. The van der Waals surface area contributed by atoms with Crippen LogP contribution in [0.15, 0.2) is 34.8 Å². The second kappa shape index (κ2) is 5.06. The summed E-state index contributed by atoms with van der Waals surface area (Å²) in [6, 6.07) is 4.96. The minimum absolute atomic E-state index is 0.0247. The molecule has 1 aromatic carbocycles. The molecule has 0 amide bonds. The van der Waals surface area contributed by atoms with E-state index in [1.54, 1.807) is 12.1 Å². The van der Waals surface area contributed by atoms with Crippen LogP contribution < -0.4 is 0 Å². The molecule has 0 spiro atoms. The van der Waals surface area contributed by atoms with Gasteiger partial charge < -0.3 is 0 Å². The largest absolute Gasteiger partial charge is 0.340 e. The first-order valence-electron chi connectivity index (χ1n) is 5.01. The smallest absolute Gasteiger partial charge is 0.292 e. The highest BCUT2D eigenvalue weighted by Gasteiger charge is 2.15. The van der Waals surface area contributed by atoms with E-state index < -0.39 is 6.43 Å². The molecule has 16 heavy (non-hydrogen) atoms. The summed E-state index contributed by atoms with van der Waals surface area (Å²) in [5.41, 5.74) is 1.02. The van der Waals surface area contributed by atoms with E-state index in [1.807, 2.05) is 0 Å². The number of hydrogen-bond donors (Lipinski definition) is 0. The third-order valence-electron chi connectivity index (χ3n) is 2.54. The van der Waals surface area contributed by atoms with Crippen molar-refractivity contribution < 1.29 is 8.78 Å². The Morgan fingerprint density at radius 3 is 2.50 bits per heavy atom. The first kappa shape index (κ1) is 11.7. The maximum Gasteiger partial charge on any atom is 0.340 e. The number of benzene rings is 1. The van der Waals surface area contributed by atoms with Crippen molar-refractivity contribution in [2.24, 2.45) is 0 Å². The van der Waals surface area contributed by atoms with Crippen molar-refractivity contribution in [3.63, 3.8) is 0 Å². The van der Waals surface area contributed by atoms with E-state index in [0.717, 1.165) is 25.2 Å². The van der Waals surface area contributed by atoms with E-state index >= 15 is 0 Å². The van der Waals surface area contributed by atoms with Gasteiger partial charge in [-0.05, 0) is 11.6 Å². The summed E-state index contributed by atoms with van der Waals surface area (Å²) in [5, 5.41) is 0. The van der Waals surface area contributed by atoms with E-state index in [1.165, 1.54) is 6.07 Å². The zero-order chi connectivity index (χ0) is 11.5. The van der Waals surface area contributed by atoms with Crippen molar-refractivity contribution in [1.29, 1.82) is 0 Å². The lowest BCUT2D eigenvalue weighted by Crippen LogP contribution is -2.19. The second-order valence-corrected chi connectivity index (χ2v) is 4.59. The van der Waals surface area contributed by atoms with Gasteiger partial charge in [-0.25, -0.2) is 0 Å². The molecule has 0 aliphatic carbocycles. The third kappa shape index (κ3) is 2.68. The van der Waals surface area contributed by atoms with Gasteiger partial charge >= 0.3 is 6.43 Å². The van der Waals surface area contributed by atoms with Crippen molar-refractivity contribution in [3.05, 3.63) is 52.4 Å². The highest BCUT2D eigenvalue weighted by Crippen LogP contribution is 2.27. The van der Waals surface area contributed by atoms with Crippen molar-refractivity contribution in [3.8, 4) is 0 Å². The van der Waals surface area contributed by atoms with E-state index in [2.05, 4.69) is 33.0 Å². The highest BCUT2D eigenvalue weighted by atomic mass is 79.9. The molecule has 4 heteroatoms. The van der Waals surface area contributed by atoms with Crippen LogP contribution in [0.5, 0.6) is 0 Å². The van der Waals surface area contributed by atoms with Gasteiger partial charge in [0.05, 0.1) is 0 Å². The van der Waals surface area contributed by atoms with Crippen molar-refractivity contribution in [1.82, 2.24) is 4.90 Å². The predicted molar refractivity (Wildman–Crippen MR) is 63.1 cm³/mol. The summed E-state index contributed by atoms with van der Waals surface area (Å²) in [5.74, 6) is 0. The van der Waals surface area contributed by atoms with E-state index in [4.69, 9.17) is 0 Å². The lowest BCUT2D eigenvalue weighted by atomic mass is 10.1. The summed E-state index contributed by atoms with van der Waals surface area (Å²) in [7, 11) is 0. The summed E-state index contributed by atoms with van der Waals surface area (Å²) >= 11 is 3.16. The average Bonchev–Trinajstić information content (AvgIpc) is 2.70. The van der Waals surface area contributed by atoms with Gasteiger partial charge in [0.15, 0.2) is 0 Å². The Morgan fingerprint density at radius 2 is 1.94 bits per heavy atom. The maximum atomic E-state index is 12.4. The molecule has 85 valence electrons. The van der Waals surface area contributed by atoms with Crippen LogP contribution in [0.2, 0.25) is 0 Å². The topological polar surface area (TPSA) is 3.24 Å². The van der Waals surface area contributed by atoms with Gasteiger partial charge in [-0.1, -0.05) is 40.2 Å². The van der Waals surface area contributed by atoms with Gasteiger partial charge in [-0.15, -0.1) is 0 Å². The van der Waals surface area contributed by atoms with E-state index in [9.17, 15) is 8.78 Å². The molecule has 2 rings (SSSR count). The molecule has 0 aromatic heterocycles. The van der Waals surface area contributed by atoms with Gasteiger partial charge in [0.25, 0.3) is 0 Å². The quantitative estimate of drug-likeness (QED) is 0.768. The highest BCUT2D eigenvalue weighted by molar-refractivity contribution is 9.10. The molecule has 0 unspecified atom stereocenters. The minimum atomic E-state index is -1.65. The first-order valence-corrected chi connectivity index (χ1v) is 5.80. The van der Waals surface area contributed by atoms with Gasteiger partial charge in [-0.2, -0.15) is 8.78 Å². The van der Waals surface area contributed by atoms with Crippen LogP contribution in [0, 0.1) is 6.43 Å². The molecule has 1 aliphatic rings.